The van der Waals surface area contributed by atoms with Crippen molar-refractivity contribution >= 4 is 51.4 Å². The van der Waals surface area contributed by atoms with Gasteiger partial charge in [-0.25, -0.2) is 0 Å². The van der Waals surface area contributed by atoms with Gasteiger partial charge in [0.25, 0.3) is 0 Å². The van der Waals surface area contributed by atoms with Gasteiger partial charge >= 0.3 is 5.97 Å². The molecular formula is C40H74BrN5O11. The Hall–Kier alpha value is -2.86. The van der Waals surface area contributed by atoms with Crippen molar-refractivity contribution in [3.63, 3.8) is 0 Å². The Morgan fingerprint density at radius 2 is 0.860 bits per heavy atom. The van der Waals surface area contributed by atoms with Crippen LogP contribution in [0.2, 0.25) is 0 Å². The van der Waals surface area contributed by atoms with E-state index in [4.69, 9.17) is 29.8 Å². The topological polar surface area (TPSA) is 234 Å². The maximum absolute atomic E-state index is 12.4. The minimum absolute atomic E-state index is 0.0973. The average molecular weight is 881 g/mol. The number of hydrogen-bond acceptors (Lipinski definition) is 10. The number of aliphatic carboxylic acids is 1. The van der Waals surface area contributed by atoms with Gasteiger partial charge in [0.1, 0.15) is 6.04 Å². The first-order valence-electron chi connectivity index (χ1n) is 21.1. The Morgan fingerprint density at radius 1 is 0.456 bits per heavy atom. The van der Waals surface area contributed by atoms with Crippen LogP contribution < -0.4 is 27.0 Å². The molecule has 1 atom stereocenters. The number of unbranched alkanes of at least 4 members (excludes halogenated alkanes) is 14. The van der Waals surface area contributed by atoms with E-state index in [1.165, 1.54) is 51.4 Å². The molecule has 0 spiro atoms. The van der Waals surface area contributed by atoms with Crippen LogP contribution in [0, 0.1) is 0 Å². The van der Waals surface area contributed by atoms with E-state index in [-0.39, 0.29) is 61.4 Å². The van der Waals surface area contributed by atoms with Crippen molar-refractivity contribution in [2.45, 2.75) is 141 Å². The molecule has 0 heterocycles. The number of hydrogen-bond donors (Lipinski definition) is 6. The smallest absolute Gasteiger partial charge is 0.303 e. The first-order valence-corrected chi connectivity index (χ1v) is 22.2. The molecule has 0 aromatic heterocycles. The number of rotatable bonds is 43. The molecule has 0 saturated carbocycles. The molecular weight excluding hydrogens is 806 g/mol. The van der Waals surface area contributed by atoms with E-state index in [1.54, 1.807) is 0 Å². The highest BCUT2D eigenvalue weighted by molar-refractivity contribution is 9.09. The molecule has 5 amide bonds. The van der Waals surface area contributed by atoms with Gasteiger partial charge in [0, 0.05) is 45.3 Å². The number of carboxylic acid groups (broad SMARTS) is 1. The van der Waals surface area contributed by atoms with E-state index in [2.05, 4.69) is 37.2 Å². The van der Waals surface area contributed by atoms with Gasteiger partial charge in [-0.05, 0) is 32.1 Å². The molecule has 16 nitrogen and oxygen atoms in total. The SMILES string of the molecule is NC(=O)C(CCCCNC(=O)CCOCCOCCNC(=O)CCOCCOCCNC(=O)CBr)NC(=O)CCCCCCCCCCCCCCCCC(=O)O. The summed E-state index contributed by atoms with van der Waals surface area (Å²) in [6.45, 7) is 3.90. The summed E-state index contributed by atoms with van der Waals surface area (Å²) in [5.74, 6) is -1.79. The van der Waals surface area contributed by atoms with Crippen LogP contribution in [-0.2, 0) is 47.7 Å². The van der Waals surface area contributed by atoms with Crippen molar-refractivity contribution < 1.29 is 52.8 Å². The van der Waals surface area contributed by atoms with Gasteiger partial charge in [0.15, 0.2) is 0 Å². The van der Waals surface area contributed by atoms with Gasteiger partial charge in [0.2, 0.25) is 29.5 Å². The molecule has 0 aliphatic rings. The highest BCUT2D eigenvalue weighted by Crippen LogP contribution is 2.14. The zero-order chi connectivity index (χ0) is 42.0. The summed E-state index contributed by atoms with van der Waals surface area (Å²) >= 11 is 3.06. The lowest BCUT2D eigenvalue weighted by Gasteiger charge is -2.15. The van der Waals surface area contributed by atoms with Crippen LogP contribution in [-0.4, -0.2) is 124 Å². The monoisotopic (exact) mass is 879 g/mol. The fraction of sp³-hybridized carbons (Fsp3) is 0.850. The molecule has 332 valence electrons. The summed E-state index contributed by atoms with van der Waals surface area (Å²) in [6.07, 6.45) is 18.4. The summed E-state index contributed by atoms with van der Waals surface area (Å²) in [7, 11) is 0. The van der Waals surface area contributed by atoms with Gasteiger partial charge in [-0.1, -0.05) is 93.0 Å². The van der Waals surface area contributed by atoms with Crippen molar-refractivity contribution in [3.05, 3.63) is 0 Å². The molecule has 0 fully saturated rings. The predicted octanol–water partition coefficient (Wildman–Crippen LogP) is 4.04. The molecule has 0 rings (SSSR count). The number of nitrogens with two attached hydrogens (primary N) is 1. The predicted molar refractivity (Wildman–Crippen MR) is 222 cm³/mol. The molecule has 0 bridgehead atoms. The van der Waals surface area contributed by atoms with Gasteiger partial charge in [-0.2, -0.15) is 0 Å². The number of ether oxygens (including phenoxy) is 4. The molecule has 0 radical (unpaired) electrons. The lowest BCUT2D eigenvalue weighted by atomic mass is 10.0. The highest BCUT2D eigenvalue weighted by Gasteiger charge is 2.17. The van der Waals surface area contributed by atoms with Gasteiger partial charge in [-0.3, -0.25) is 28.8 Å². The quantitative estimate of drug-likeness (QED) is 0.0378. The first kappa shape index (κ1) is 54.1. The Balaban J connectivity index is 3.59. The third kappa shape index (κ3) is 41.1. The van der Waals surface area contributed by atoms with Crippen molar-refractivity contribution in [2.24, 2.45) is 5.73 Å². The van der Waals surface area contributed by atoms with Crippen LogP contribution in [0.4, 0.5) is 0 Å². The summed E-state index contributed by atoms with van der Waals surface area (Å²) in [6, 6.07) is -0.716. The van der Waals surface area contributed by atoms with Gasteiger partial charge < -0.3 is 51.1 Å². The molecule has 0 aliphatic carbocycles. The fourth-order valence-electron chi connectivity index (χ4n) is 5.66. The number of carbonyl (C=O) groups excluding carboxylic acids is 5. The van der Waals surface area contributed by atoms with E-state index in [1.807, 2.05) is 0 Å². The van der Waals surface area contributed by atoms with Crippen LogP contribution in [0.5, 0.6) is 0 Å². The Kier molecular flexibility index (Phi) is 39.2. The minimum atomic E-state index is -0.716. The Morgan fingerprint density at radius 3 is 1.30 bits per heavy atom. The van der Waals surface area contributed by atoms with Crippen LogP contribution in [0.15, 0.2) is 0 Å². The number of alkyl halides is 1. The van der Waals surface area contributed by atoms with Crippen molar-refractivity contribution in [2.75, 3.05) is 77.8 Å². The third-order valence-electron chi connectivity index (χ3n) is 8.91. The van der Waals surface area contributed by atoms with Crippen molar-refractivity contribution in [3.8, 4) is 0 Å². The van der Waals surface area contributed by atoms with E-state index in [0.29, 0.717) is 85.0 Å². The Labute approximate surface area is 349 Å². The van der Waals surface area contributed by atoms with Crippen LogP contribution in [0.3, 0.4) is 0 Å². The maximum atomic E-state index is 12.4. The van der Waals surface area contributed by atoms with E-state index in [0.717, 1.165) is 38.5 Å². The molecule has 0 aliphatic heterocycles. The maximum Gasteiger partial charge on any atom is 0.303 e. The normalized spacial score (nSPS) is 11.5. The number of primary amides is 1. The van der Waals surface area contributed by atoms with Gasteiger partial charge in [0.05, 0.1) is 58.2 Å². The second-order valence-electron chi connectivity index (χ2n) is 14.0. The zero-order valence-electron chi connectivity index (χ0n) is 34.4. The van der Waals surface area contributed by atoms with Crippen LogP contribution >= 0.6 is 15.9 Å². The molecule has 1 unspecified atom stereocenters. The lowest BCUT2D eigenvalue weighted by molar-refractivity contribution is -0.137. The largest absolute Gasteiger partial charge is 0.481 e. The highest BCUT2D eigenvalue weighted by atomic mass is 79.9. The van der Waals surface area contributed by atoms with Crippen LogP contribution in [0.25, 0.3) is 0 Å². The number of nitrogens with one attached hydrogen (secondary N) is 4. The summed E-state index contributed by atoms with van der Waals surface area (Å²) in [4.78, 5) is 69.8. The van der Waals surface area contributed by atoms with Crippen molar-refractivity contribution in [1.29, 1.82) is 0 Å². The number of carbonyl (C=O) groups is 6. The molecule has 17 heteroatoms. The molecule has 57 heavy (non-hydrogen) atoms. The average Bonchev–Trinajstić information content (AvgIpc) is 3.18. The molecule has 0 saturated heterocycles. The number of amides is 5. The molecule has 7 N–H and O–H groups in total. The molecule has 0 aromatic carbocycles. The summed E-state index contributed by atoms with van der Waals surface area (Å²) in [5.41, 5.74) is 5.52. The van der Waals surface area contributed by atoms with E-state index in [9.17, 15) is 28.8 Å². The van der Waals surface area contributed by atoms with Crippen LogP contribution in [0.1, 0.15) is 135 Å². The zero-order valence-corrected chi connectivity index (χ0v) is 36.0. The number of halogens is 1. The second kappa shape index (κ2) is 41.3. The lowest BCUT2D eigenvalue weighted by Crippen LogP contribution is -2.44. The number of carboxylic acids is 1. The minimum Gasteiger partial charge on any atom is -0.481 e. The second-order valence-corrected chi connectivity index (χ2v) is 14.6. The third-order valence-corrected chi connectivity index (χ3v) is 9.42. The summed E-state index contributed by atoms with van der Waals surface area (Å²) in [5, 5.41) is 19.9. The Bertz CT molecular complexity index is 1060. The van der Waals surface area contributed by atoms with Gasteiger partial charge in [-0.15, -0.1) is 0 Å². The van der Waals surface area contributed by atoms with E-state index < -0.39 is 17.9 Å². The first-order chi connectivity index (χ1) is 27.6. The van der Waals surface area contributed by atoms with E-state index >= 15 is 0 Å². The molecule has 0 aromatic rings. The summed E-state index contributed by atoms with van der Waals surface area (Å²) < 4.78 is 21.6. The fourth-order valence-corrected chi connectivity index (χ4v) is 5.86. The standard InChI is InChI=1S/C40H74BrN5O11/c41-33-38(50)45-24-28-57-32-30-55-26-21-36(48)44-23-27-56-31-29-54-25-20-35(47)43-22-16-15-17-34(40(42)53)46-37(49)18-13-11-9-7-5-3-1-2-4-6-8-10-12-14-19-39(51)52/h34H,1-33H2,(H2,42,53)(H,43,47)(H,44,48)(H,45,50)(H,46,49)(H,51,52). The van der Waals surface area contributed by atoms with Crippen molar-refractivity contribution in [1.82, 2.24) is 21.3 Å².